The van der Waals surface area contributed by atoms with Gasteiger partial charge in [0.15, 0.2) is 0 Å². The number of hydrogen-bond acceptors (Lipinski definition) is 4. The Morgan fingerprint density at radius 3 is 2.86 bits per heavy atom. The van der Waals surface area contributed by atoms with Crippen molar-refractivity contribution >= 4 is 29.5 Å². The highest BCUT2D eigenvalue weighted by molar-refractivity contribution is 7.14. The third-order valence-electron chi connectivity index (χ3n) is 3.17. The van der Waals surface area contributed by atoms with Gasteiger partial charge >= 0.3 is 11.9 Å². The van der Waals surface area contributed by atoms with Gasteiger partial charge in [-0.2, -0.15) is 8.78 Å². The van der Waals surface area contributed by atoms with Crippen LogP contribution < -0.4 is 0 Å². The maximum Gasteiger partial charge on any atom is 0.346 e. The molecule has 2 heterocycles. The summed E-state index contributed by atoms with van der Waals surface area (Å²) >= 11 is 0.963. The summed E-state index contributed by atoms with van der Waals surface area (Å²) in [5, 5.41) is 8.92. The predicted octanol–water partition coefficient (Wildman–Crippen LogP) is 1.54. The number of carbonyl (C=O) groups is 3. The quantitative estimate of drug-likeness (QED) is 0.675. The summed E-state index contributed by atoms with van der Waals surface area (Å²) in [4.78, 5) is 34.5. The Labute approximate surface area is 128 Å². The van der Waals surface area contributed by atoms with Crippen LogP contribution in [0.5, 0.6) is 0 Å². The van der Waals surface area contributed by atoms with Gasteiger partial charge in [0.2, 0.25) is 0 Å². The average Bonchev–Trinajstić information content (AvgIpc) is 2.91. The molecule has 1 unspecified atom stereocenters. The molecule has 116 valence electrons. The lowest BCUT2D eigenvalue weighted by Gasteiger charge is -2.16. The molecule has 0 radical (unpaired) electrons. The highest BCUT2D eigenvalue weighted by Crippen LogP contribution is 2.32. The fourth-order valence-corrected chi connectivity index (χ4v) is 2.99. The van der Waals surface area contributed by atoms with Gasteiger partial charge in [-0.15, -0.1) is 11.3 Å². The van der Waals surface area contributed by atoms with Crippen LogP contribution in [0.3, 0.4) is 0 Å². The van der Waals surface area contributed by atoms with Crippen LogP contribution in [0.25, 0.3) is 0 Å². The zero-order valence-corrected chi connectivity index (χ0v) is 12.2. The van der Waals surface area contributed by atoms with E-state index in [2.05, 4.69) is 11.8 Å². The first-order valence-electron chi connectivity index (χ1n) is 6.23. The summed E-state index contributed by atoms with van der Waals surface area (Å²) in [5.41, 5.74) is 0.552. The van der Waals surface area contributed by atoms with E-state index in [-0.39, 0.29) is 11.4 Å². The summed E-state index contributed by atoms with van der Waals surface area (Å²) < 4.78 is 26.5. The number of alkyl halides is 2. The SMILES string of the molecule is Cc1cc(C#CCN2C(=O)C(F)(F)CC2C=O)sc1C(=O)O. The van der Waals surface area contributed by atoms with Gasteiger partial charge in [0, 0.05) is 6.42 Å². The second-order valence-corrected chi connectivity index (χ2v) is 5.83. The van der Waals surface area contributed by atoms with Gasteiger partial charge < -0.3 is 14.8 Å². The van der Waals surface area contributed by atoms with Crippen molar-refractivity contribution in [2.45, 2.75) is 25.3 Å². The van der Waals surface area contributed by atoms with Crippen LogP contribution in [0.15, 0.2) is 6.07 Å². The molecule has 1 aromatic heterocycles. The van der Waals surface area contributed by atoms with Gasteiger partial charge in [0.25, 0.3) is 5.91 Å². The Kier molecular flexibility index (Phi) is 4.28. The van der Waals surface area contributed by atoms with Gasteiger partial charge in [0.05, 0.1) is 17.5 Å². The fraction of sp³-hybridized carbons (Fsp3) is 0.357. The average molecular weight is 327 g/mol. The highest BCUT2D eigenvalue weighted by atomic mass is 32.1. The highest BCUT2D eigenvalue weighted by Gasteiger charge is 2.53. The van der Waals surface area contributed by atoms with Gasteiger partial charge in [-0.25, -0.2) is 4.79 Å². The first kappa shape index (κ1) is 16.1. The molecule has 1 aliphatic rings. The fourth-order valence-electron chi connectivity index (χ4n) is 2.10. The molecule has 8 heteroatoms. The van der Waals surface area contributed by atoms with E-state index >= 15 is 0 Å². The molecule has 0 aliphatic carbocycles. The summed E-state index contributed by atoms with van der Waals surface area (Å²) in [6, 6.07) is 0.384. The van der Waals surface area contributed by atoms with Gasteiger partial charge in [-0.05, 0) is 18.6 Å². The van der Waals surface area contributed by atoms with Crippen molar-refractivity contribution in [1.82, 2.24) is 4.90 Å². The van der Waals surface area contributed by atoms with Crippen LogP contribution in [0.2, 0.25) is 0 Å². The molecule has 22 heavy (non-hydrogen) atoms. The zero-order chi connectivity index (χ0) is 16.5. The first-order valence-corrected chi connectivity index (χ1v) is 7.04. The minimum atomic E-state index is -3.54. The Morgan fingerprint density at radius 1 is 1.64 bits per heavy atom. The molecule has 0 spiro atoms. The molecule has 0 bridgehead atoms. The maximum atomic E-state index is 13.3. The van der Waals surface area contributed by atoms with Crippen molar-refractivity contribution in [2.75, 3.05) is 6.54 Å². The van der Waals surface area contributed by atoms with E-state index in [0.717, 1.165) is 16.2 Å². The minimum Gasteiger partial charge on any atom is -0.477 e. The Hall–Kier alpha value is -2.27. The third kappa shape index (κ3) is 2.99. The van der Waals surface area contributed by atoms with Crippen LogP contribution in [0.4, 0.5) is 8.78 Å². The standard InChI is InChI=1S/C14H11F2NO4S/c1-8-5-10(22-11(8)12(19)20)3-2-4-17-9(7-18)6-14(15,16)13(17)21/h5,7,9H,4,6H2,1H3,(H,19,20). The van der Waals surface area contributed by atoms with E-state index in [0.29, 0.717) is 16.7 Å². The number of aromatic carboxylic acids is 1. The minimum absolute atomic E-state index is 0.152. The van der Waals surface area contributed by atoms with Crippen LogP contribution in [0, 0.1) is 18.8 Å². The normalized spacial score (nSPS) is 19.7. The van der Waals surface area contributed by atoms with Crippen molar-refractivity contribution in [3.8, 4) is 11.8 Å². The molecule has 1 atom stereocenters. The third-order valence-corrected chi connectivity index (χ3v) is 4.31. The number of hydrogen-bond donors (Lipinski definition) is 1. The number of likely N-dealkylation sites (tertiary alicyclic amines) is 1. The zero-order valence-electron chi connectivity index (χ0n) is 11.4. The molecule has 1 aromatic rings. The summed E-state index contributed by atoms with van der Waals surface area (Å²) in [6.07, 6.45) is -0.531. The predicted molar refractivity (Wildman–Crippen MR) is 74.0 cm³/mol. The van der Waals surface area contributed by atoms with Crippen molar-refractivity contribution in [2.24, 2.45) is 0 Å². The molecule has 0 saturated carbocycles. The van der Waals surface area contributed by atoms with Crippen LogP contribution in [0.1, 0.15) is 26.5 Å². The summed E-state index contributed by atoms with van der Waals surface area (Å²) in [5.74, 6) is -0.846. The van der Waals surface area contributed by atoms with Crippen LogP contribution in [-0.2, 0) is 9.59 Å². The maximum absolute atomic E-state index is 13.3. The first-order chi connectivity index (χ1) is 10.3. The molecule has 1 aliphatic heterocycles. The number of aryl methyl sites for hydroxylation is 1. The number of thiophene rings is 1. The van der Waals surface area contributed by atoms with Crippen LogP contribution >= 0.6 is 11.3 Å². The Balaban J connectivity index is 2.13. The lowest BCUT2D eigenvalue weighted by Crippen LogP contribution is -2.37. The van der Waals surface area contributed by atoms with E-state index in [9.17, 15) is 23.2 Å². The number of rotatable bonds is 3. The number of aldehydes is 1. The number of carboxylic acid groups (broad SMARTS) is 1. The monoisotopic (exact) mass is 327 g/mol. The largest absolute Gasteiger partial charge is 0.477 e. The molecule has 2 rings (SSSR count). The van der Waals surface area contributed by atoms with Crippen molar-refractivity contribution in [1.29, 1.82) is 0 Å². The number of carboxylic acids is 1. The van der Waals surface area contributed by atoms with Crippen LogP contribution in [-0.4, -0.2) is 46.7 Å². The van der Waals surface area contributed by atoms with Crippen molar-refractivity contribution in [3.05, 3.63) is 21.4 Å². The second-order valence-electron chi connectivity index (χ2n) is 4.77. The van der Waals surface area contributed by atoms with Gasteiger partial charge in [-0.1, -0.05) is 11.8 Å². The summed E-state index contributed by atoms with van der Waals surface area (Å²) in [7, 11) is 0. The number of amides is 1. The Morgan fingerprint density at radius 2 is 2.32 bits per heavy atom. The van der Waals surface area contributed by atoms with Crippen molar-refractivity contribution in [3.63, 3.8) is 0 Å². The van der Waals surface area contributed by atoms with E-state index in [1.54, 1.807) is 13.0 Å². The molecule has 0 aromatic carbocycles. The topological polar surface area (TPSA) is 74.7 Å². The molecular weight excluding hydrogens is 316 g/mol. The lowest BCUT2D eigenvalue weighted by atomic mass is 10.2. The summed E-state index contributed by atoms with van der Waals surface area (Å²) in [6.45, 7) is 1.31. The van der Waals surface area contributed by atoms with E-state index in [1.807, 2.05) is 0 Å². The van der Waals surface area contributed by atoms with Crippen molar-refractivity contribution < 1.29 is 28.3 Å². The number of nitrogens with zero attached hydrogens (tertiary/aromatic N) is 1. The lowest BCUT2D eigenvalue weighted by molar-refractivity contribution is -0.147. The van der Waals surface area contributed by atoms with E-state index in [4.69, 9.17) is 5.11 Å². The van der Waals surface area contributed by atoms with Gasteiger partial charge in [-0.3, -0.25) is 4.79 Å². The molecule has 5 nitrogen and oxygen atoms in total. The molecule has 1 fully saturated rings. The molecule has 1 N–H and O–H groups in total. The smallest absolute Gasteiger partial charge is 0.346 e. The van der Waals surface area contributed by atoms with E-state index < -0.39 is 30.3 Å². The Bertz CT molecular complexity index is 701. The molecule has 1 amide bonds. The van der Waals surface area contributed by atoms with E-state index in [1.165, 1.54) is 0 Å². The second kappa shape index (κ2) is 5.85. The molecular formula is C14H11F2NO4S. The number of carbonyl (C=O) groups excluding carboxylic acids is 2. The van der Waals surface area contributed by atoms with Gasteiger partial charge in [0.1, 0.15) is 11.2 Å². The number of halogens is 2. The molecule has 1 saturated heterocycles.